The molecule has 0 aliphatic heterocycles. The van der Waals surface area contributed by atoms with Crippen molar-refractivity contribution in [3.05, 3.63) is 35.7 Å². The molecule has 108 valence electrons. The molecule has 1 aromatic heterocycles. The molecule has 2 N–H and O–H groups in total. The van der Waals surface area contributed by atoms with E-state index >= 15 is 0 Å². The van der Waals surface area contributed by atoms with Gasteiger partial charge in [-0.3, -0.25) is 0 Å². The van der Waals surface area contributed by atoms with Gasteiger partial charge in [0.2, 0.25) is 11.7 Å². The topological polar surface area (TPSA) is 64.9 Å². The Labute approximate surface area is 124 Å². The molecular weight excluding hydrogens is 270 g/mol. The number of benzene rings is 1. The third-order valence-corrected chi connectivity index (χ3v) is 3.87. The van der Waals surface area contributed by atoms with Crippen LogP contribution in [0, 0.1) is 0 Å². The van der Waals surface area contributed by atoms with Crippen molar-refractivity contribution in [3.63, 3.8) is 0 Å². The number of nitrogens with two attached hydrogens (primary N) is 1. The highest BCUT2D eigenvalue weighted by molar-refractivity contribution is 7.98. The molecule has 0 spiro atoms. The van der Waals surface area contributed by atoms with Gasteiger partial charge in [-0.1, -0.05) is 43.3 Å². The Kier molecular flexibility index (Phi) is 5.20. The minimum atomic E-state index is -0.182. The molecule has 5 heteroatoms. The zero-order valence-electron chi connectivity index (χ0n) is 12.2. The second-order valence-corrected chi connectivity index (χ2v) is 6.11. The highest BCUT2D eigenvalue weighted by Crippen LogP contribution is 2.22. The second-order valence-electron chi connectivity index (χ2n) is 5.12. The fourth-order valence-electron chi connectivity index (χ4n) is 1.89. The van der Waals surface area contributed by atoms with Gasteiger partial charge >= 0.3 is 0 Å². The van der Waals surface area contributed by atoms with Gasteiger partial charge in [0, 0.05) is 5.56 Å². The van der Waals surface area contributed by atoms with Crippen LogP contribution in [-0.2, 0) is 0 Å². The lowest BCUT2D eigenvalue weighted by molar-refractivity contribution is 0.353. The quantitative estimate of drug-likeness (QED) is 0.880. The van der Waals surface area contributed by atoms with Gasteiger partial charge in [-0.05, 0) is 29.9 Å². The Bertz CT molecular complexity index is 536. The van der Waals surface area contributed by atoms with E-state index in [9.17, 15) is 0 Å². The predicted octanol–water partition coefficient (Wildman–Crippen LogP) is 3.61. The fourth-order valence-corrected chi connectivity index (χ4v) is 2.38. The predicted molar refractivity (Wildman–Crippen MR) is 83.8 cm³/mol. The summed E-state index contributed by atoms with van der Waals surface area (Å²) in [5.41, 5.74) is 8.29. The smallest absolute Gasteiger partial charge is 0.243 e. The molecule has 0 aliphatic rings. The van der Waals surface area contributed by atoms with Gasteiger partial charge in [0.25, 0.3) is 0 Å². The van der Waals surface area contributed by atoms with Crippen LogP contribution in [0.4, 0.5) is 0 Å². The van der Waals surface area contributed by atoms with Crippen LogP contribution in [0.25, 0.3) is 11.4 Å². The molecular formula is C15H21N3OS. The maximum absolute atomic E-state index is 6.03. The lowest BCUT2D eigenvalue weighted by Crippen LogP contribution is -2.11. The van der Waals surface area contributed by atoms with E-state index in [-0.39, 0.29) is 6.04 Å². The summed E-state index contributed by atoms with van der Waals surface area (Å²) in [6, 6.07) is 8.07. The molecule has 0 radical (unpaired) electrons. The molecule has 0 saturated carbocycles. The summed E-state index contributed by atoms with van der Waals surface area (Å²) in [6.07, 6.45) is 2.90. The Morgan fingerprint density at radius 3 is 2.55 bits per heavy atom. The van der Waals surface area contributed by atoms with Crippen LogP contribution in [0.15, 0.2) is 28.8 Å². The second kappa shape index (κ2) is 6.90. The molecule has 20 heavy (non-hydrogen) atoms. The Morgan fingerprint density at radius 1 is 1.25 bits per heavy atom. The lowest BCUT2D eigenvalue weighted by Gasteiger charge is -2.05. The highest BCUT2D eigenvalue weighted by atomic mass is 32.2. The summed E-state index contributed by atoms with van der Waals surface area (Å²) in [6.45, 7) is 4.35. The summed E-state index contributed by atoms with van der Waals surface area (Å²) < 4.78 is 5.26. The van der Waals surface area contributed by atoms with Gasteiger partial charge < -0.3 is 10.3 Å². The van der Waals surface area contributed by atoms with Crippen LogP contribution >= 0.6 is 11.8 Å². The first-order valence-corrected chi connectivity index (χ1v) is 8.19. The van der Waals surface area contributed by atoms with E-state index < -0.39 is 0 Å². The number of hydrogen-bond acceptors (Lipinski definition) is 5. The van der Waals surface area contributed by atoms with E-state index in [0.29, 0.717) is 17.6 Å². The third kappa shape index (κ3) is 3.61. The molecule has 1 aromatic carbocycles. The van der Waals surface area contributed by atoms with Crippen molar-refractivity contribution < 1.29 is 4.52 Å². The van der Waals surface area contributed by atoms with Crippen LogP contribution in [-0.4, -0.2) is 22.1 Å². The van der Waals surface area contributed by atoms with Gasteiger partial charge in [0.15, 0.2) is 0 Å². The Morgan fingerprint density at radius 2 is 1.95 bits per heavy atom. The summed E-state index contributed by atoms with van der Waals surface area (Å²) in [5.74, 6) is 2.63. The molecule has 1 unspecified atom stereocenters. The number of rotatable bonds is 6. The van der Waals surface area contributed by atoms with E-state index in [1.165, 1.54) is 5.56 Å². The van der Waals surface area contributed by atoms with Crippen molar-refractivity contribution in [2.45, 2.75) is 32.2 Å². The average molecular weight is 291 g/mol. The Hall–Kier alpha value is -1.33. The minimum absolute atomic E-state index is 0.182. The zero-order valence-corrected chi connectivity index (χ0v) is 13.0. The summed E-state index contributed by atoms with van der Waals surface area (Å²) >= 11 is 1.76. The van der Waals surface area contributed by atoms with Crippen LogP contribution < -0.4 is 5.73 Å². The van der Waals surface area contributed by atoms with Crippen LogP contribution in [0.5, 0.6) is 0 Å². The normalized spacial score (nSPS) is 12.8. The molecule has 1 heterocycles. The molecule has 0 saturated heterocycles. The van der Waals surface area contributed by atoms with Crippen molar-refractivity contribution in [1.29, 1.82) is 0 Å². The van der Waals surface area contributed by atoms with Crippen molar-refractivity contribution >= 4 is 11.8 Å². The van der Waals surface area contributed by atoms with E-state index in [1.54, 1.807) is 11.8 Å². The molecule has 2 rings (SSSR count). The van der Waals surface area contributed by atoms with E-state index in [2.05, 4.69) is 42.4 Å². The van der Waals surface area contributed by atoms with E-state index in [1.807, 2.05) is 12.1 Å². The average Bonchev–Trinajstić information content (AvgIpc) is 2.94. The molecule has 2 aromatic rings. The monoisotopic (exact) mass is 291 g/mol. The summed E-state index contributed by atoms with van der Waals surface area (Å²) in [5, 5.41) is 4.02. The Balaban J connectivity index is 2.11. The number of hydrogen-bond donors (Lipinski definition) is 1. The number of nitrogens with zero attached hydrogens (tertiary/aromatic N) is 2. The molecule has 0 amide bonds. The first kappa shape index (κ1) is 15.1. The molecule has 4 nitrogen and oxygen atoms in total. The summed E-state index contributed by atoms with van der Waals surface area (Å²) in [4.78, 5) is 4.40. The standard InChI is InChI=1S/C15H21N3OS/c1-10(2)11-4-6-12(7-5-11)14-17-15(19-18-14)13(16)8-9-20-3/h4-7,10,13H,8-9,16H2,1-3H3. The first-order valence-electron chi connectivity index (χ1n) is 6.80. The maximum Gasteiger partial charge on any atom is 0.243 e. The van der Waals surface area contributed by atoms with Crippen LogP contribution in [0.1, 0.15) is 43.7 Å². The lowest BCUT2D eigenvalue weighted by atomic mass is 10.0. The van der Waals surface area contributed by atoms with Crippen LogP contribution in [0.3, 0.4) is 0 Å². The van der Waals surface area contributed by atoms with Crippen molar-refractivity contribution in [2.24, 2.45) is 5.73 Å². The minimum Gasteiger partial charge on any atom is -0.337 e. The van der Waals surface area contributed by atoms with Crippen molar-refractivity contribution in [2.75, 3.05) is 12.0 Å². The maximum atomic E-state index is 6.03. The number of thioether (sulfide) groups is 1. The number of aromatic nitrogens is 2. The van der Waals surface area contributed by atoms with E-state index in [4.69, 9.17) is 10.3 Å². The zero-order chi connectivity index (χ0) is 14.5. The van der Waals surface area contributed by atoms with Gasteiger partial charge in [0.1, 0.15) is 0 Å². The van der Waals surface area contributed by atoms with Gasteiger partial charge in [-0.25, -0.2) is 0 Å². The molecule has 1 atom stereocenters. The third-order valence-electron chi connectivity index (χ3n) is 3.23. The molecule has 0 bridgehead atoms. The van der Waals surface area contributed by atoms with Gasteiger partial charge in [-0.2, -0.15) is 16.7 Å². The summed E-state index contributed by atoms with van der Waals surface area (Å²) in [7, 11) is 0. The van der Waals surface area contributed by atoms with E-state index in [0.717, 1.165) is 17.7 Å². The fraction of sp³-hybridized carbons (Fsp3) is 0.467. The van der Waals surface area contributed by atoms with Gasteiger partial charge in [0.05, 0.1) is 6.04 Å². The van der Waals surface area contributed by atoms with Crippen LogP contribution in [0.2, 0.25) is 0 Å². The largest absolute Gasteiger partial charge is 0.337 e. The van der Waals surface area contributed by atoms with Crippen molar-refractivity contribution in [3.8, 4) is 11.4 Å². The highest BCUT2D eigenvalue weighted by Gasteiger charge is 2.15. The molecule has 0 fully saturated rings. The van der Waals surface area contributed by atoms with Gasteiger partial charge in [-0.15, -0.1) is 0 Å². The first-order chi connectivity index (χ1) is 9.61. The van der Waals surface area contributed by atoms with Crippen molar-refractivity contribution in [1.82, 2.24) is 10.1 Å². The molecule has 0 aliphatic carbocycles. The SMILES string of the molecule is CSCCC(N)c1nc(-c2ccc(C(C)C)cc2)no1.